The third-order valence-corrected chi connectivity index (χ3v) is 1.32. The predicted molar refractivity (Wildman–Crippen MR) is 49.0 cm³/mol. The van der Waals surface area contributed by atoms with Crippen LogP contribution < -0.4 is 0 Å². The fourth-order valence-corrected chi connectivity index (χ4v) is 0.594. The summed E-state index contributed by atoms with van der Waals surface area (Å²) in [7, 11) is 1.63. The molecular formula is C10H15O. The summed E-state index contributed by atoms with van der Waals surface area (Å²) in [5, 5.41) is 0. The van der Waals surface area contributed by atoms with Gasteiger partial charge in [-0.2, -0.15) is 0 Å². The lowest BCUT2D eigenvalue weighted by Gasteiger charge is -2.00. The molecule has 0 saturated carbocycles. The standard InChI is InChI=1S/C10H15O/c1-5-7-10(11-4)8-9(3)6-2/h5,7-8H,1,3,6H2,2,4H3/b9-8+,10-7+. The molecule has 0 rings (SSSR count). The third kappa shape index (κ3) is 4.43. The van der Waals surface area contributed by atoms with Crippen LogP contribution in [0.5, 0.6) is 0 Å². The van der Waals surface area contributed by atoms with E-state index >= 15 is 0 Å². The van der Waals surface area contributed by atoms with Crippen molar-refractivity contribution in [3.63, 3.8) is 0 Å². The molecule has 0 aliphatic heterocycles. The molecule has 0 atom stereocenters. The first-order chi connectivity index (χ1) is 5.24. The Bertz CT molecular complexity index is 175. The second-order valence-corrected chi connectivity index (χ2v) is 2.17. The van der Waals surface area contributed by atoms with E-state index in [0.717, 1.165) is 17.8 Å². The summed E-state index contributed by atoms with van der Waals surface area (Å²) in [5.74, 6) is 0.798. The number of methoxy groups -OCH3 is 1. The molecule has 0 bridgehead atoms. The molecule has 0 amide bonds. The van der Waals surface area contributed by atoms with Gasteiger partial charge in [-0.1, -0.05) is 25.2 Å². The number of allylic oxidation sites excluding steroid dienone is 4. The molecule has 0 aromatic carbocycles. The predicted octanol–water partition coefficient (Wildman–Crippen LogP) is 2.87. The van der Waals surface area contributed by atoms with E-state index in [4.69, 9.17) is 4.74 Å². The molecule has 1 nitrogen and oxygen atoms in total. The van der Waals surface area contributed by atoms with E-state index in [1.54, 1.807) is 19.3 Å². The van der Waals surface area contributed by atoms with Gasteiger partial charge in [-0.15, -0.1) is 0 Å². The molecule has 11 heavy (non-hydrogen) atoms. The van der Waals surface area contributed by atoms with Crippen LogP contribution in [0, 0.1) is 6.92 Å². The molecule has 0 fully saturated rings. The molecule has 0 aliphatic carbocycles. The Kier molecular flexibility index (Phi) is 5.26. The molecule has 1 heteroatoms. The highest BCUT2D eigenvalue weighted by Gasteiger charge is 1.89. The minimum absolute atomic E-state index is 0.798. The van der Waals surface area contributed by atoms with Crippen LogP contribution >= 0.6 is 0 Å². The Balaban J connectivity index is 4.28. The lowest BCUT2D eigenvalue weighted by Crippen LogP contribution is -1.83. The first-order valence-corrected chi connectivity index (χ1v) is 3.63. The highest BCUT2D eigenvalue weighted by molar-refractivity contribution is 5.23. The van der Waals surface area contributed by atoms with E-state index in [0.29, 0.717) is 0 Å². The summed E-state index contributed by atoms with van der Waals surface area (Å²) in [6.45, 7) is 9.46. The molecular weight excluding hydrogens is 136 g/mol. The zero-order chi connectivity index (χ0) is 8.69. The third-order valence-electron chi connectivity index (χ3n) is 1.32. The summed E-state index contributed by atoms with van der Waals surface area (Å²) in [6.07, 6.45) is 6.35. The van der Waals surface area contributed by atoms with Crippen molar-refractivity contribution in [1.29, 1.82) is 0 Å². The van der Waals surface area contributed by atoms with Gasteiger partial charge in [-0.05, 0) is 25.5 Å². The second-order valence-electron chi connectivity index (χ2n) is 2.17. The molecule has 0 aliphatic rings. The minimum Gasteiger partial charge on any atom is -0.497 e. The first kappa shape index (κ1) is 10.0. The lowest BCUT2D eigenvalue weighted by molar-refractivity contribution is 0.306. The zero-order valence-electron chi connectivity index (χ0n) is 7.26. The van der Waals surface area contributed by atoms with Crippen molar-refractivity contribution in [2.75, 3.05) is 7.11 Å². The minimum atomic E-state index is 0.798. The summed E-state index contributed by atoms with van der Waals surface area (Å²) in [5.41, 5.74) is 1.06. The topological polar surface area (TPSA) is 9.23 Å². The van der Waals surface area contributed by atoms with Gasteiger partial charge in [0.2, 0.25) is 0 Å². The first-order valence-electron chi connectivity index (χ1n) is 3.63. The Morgan fingerprint density at radius 3 is 2.55 bits per heavy atom. The van der Waals surface area contributed by atoms with Crippen LogP contribution in [-0.2, 0) is 4.74 Å². The van der Waals surface area contributed by atoms with Crippen LogP contribution in [0.3, 0.4) is 0 Å². The maximum Gasteiger partial charge on any atom is 0.118 e. The average Bonchev–Trinajstić information content (AvgIpc) is 2.03. The Morgan fingerprint density at radius 1 is 1.55 bits per heavy atom. The molecule has 0 aromatic heterocycles. The summed E-state index contributed by atoms with van der Waals surface area (Å²) < 4.78 is 5.04. The van der Waals surface area contributed by atoms with Gasteiger partial charge in [0.05, 0.1) is 7.11 Å². The monoisotopic (exact) mass is 151 g/mol. The van der Waals surface area contributed by atoms with Crippen LogP contribution in [0.25, 0.3) is 0 Å². The summed E-state index contributed by atoms with van der Waals surface area (Å²) in [6, 6.07) is 0. The Hall–Kier alpha value is -0.980. The summed E-state index contributed by atoms with van der Waals surface area (Å²) >= 11 is 0. The van der Waals surface area contributed by atoms with E-state index in [-0.39, 0.29) is 0 Å². The fourth-order valence-electron chi connectivity index (χ4n) is 0.594. The van der Waals surface area contributed by atoms with Crippen LogP contribution in [0.4, 0.5) is 0 Å². The highest BCUT2D eigenvalue weighted by Crippen LogP contribution is 2.05. The van der Waals surface area contributed by atoms with Gasteiger partial charge in [0.15, 0.2) is 0 Å². The summed E-state index contributed by atoms with van der Waals surface area (Å²) in [4.78, 5) is 0. The number of ether oxygens (including phenoxy) is 1. The van der Waals surface area contributed by atoms with Crippen molar-refractivity contribution < 1.29 is 4.74 Å². The van der Waals surface area contributed by atoms with Crippen LogP contribution in [0.15, 0.2) is 36.1 Å². The van der Waals surface area contributed by atoms with E-state index in [9.17, 15) is 0 Å². The Labute approximate surface area is 69.1 Å². The van der Waals surface area contributed by atoms with E-state index in [1.165, 1.54) is 0 Å². The fraction of sp³-hybridized carbons (Fsp3) is 0.300. The van der Waals surface area contributed by atoms with Gasteiger partial charge in [0.25, 0.3) is 0 Å². The molecule has 61 valence electrons. The smallest absolute Gasteiger partial charge is 0.118 e. The van der Waals surface area contributed by atoms with Gasteiger partial charge >= 0.3 is 0 Å². The van der Waals surface area contributed by atoms with Crippen molar-refractivity contribution in [2.45, 2.75) is 13.3 Å². The molecule has 0 saturated heterocycles. The number of hydrogen-bond acceptors (Lipinski definition) is 1. The maximum absolute atomic E-state index is 5.04. The van der Waals surface area contributed by atoms with Gasteiger partial charge in [0, 0.05) is 0 Å². The largest absolute Gasteiger partial charge is 0.497 e. The average molecular weight is 151 g/mol. The van der Waals surface area contributed by atoms with Gasteiger partial charge in [-0.25, -0.2) is 0 Å². The molecule has 0 heterocycles. The van der Waals surface area contributed by atoms with Crippen molar-refractivity contribution in [1.82, 2.24) is 0 Å². The van der Waals surface area contributed by atoms with Crippen LogP contribution in [0.2, 0.25) is 0 Å². The van der Waals surface area contributed by atoms with Crippen LogP contribution in [-0.4, -0.2) is 7.11 Å². The molecule has 0 unspecified atom stereocenters. The van der Waals surface area contributed by atoms with E-state index in [2.05, 4.69) is 20.4 Å². The van der Waals surface area contributed by atoms with E-state index < -0.39 is 0 Å². The normalized spacial score (nSPS) is 13.0. The lowest BCUT2D eigenvalue weighted by atomic mass is 10.2. The molecule has 1 radical (unpaired) electrons. The van der Waals surface area contributed by atoms with Crippen molar-refractivity contribution in [2.24, 2.45) is 0 Å². The molecule has 0 N–H and O–H groups in total. The maximum atomic E-state index is 5.04. The van der Waals surface area contributed by atoms with E-state index in [1.807, 2.05) is 6.08 Å². The SMILES string of the molecule is [CH2]/C(=C\C(=C/C=C)OC)CC. The van der Waals surface area contributed by atoms with Crippen molar-refractivity contribution in [3.8, 4) is 0 Å². The van der Waals surface area contributed by atoms with Crippen molar-refractivity contribution >= 4 is 0 Å². The number of hydrogen-bond donors (Lipinski definition) is 0. The molecule has 0 spiro atoms. The Morgan fingerprint density at radius 2 is 2.18 bits per heavy atom. The van der Waals surface area contributed by atoms with Gasteiger partial charge in [0.1, 0.15) is 5.76 Å². The van der Waals surface area contributed by atoms with Gasteiger partial charge < -0.3 is 4.74 Å². The quantitative estimate of drug-likeness (QED) is 0.443. The zero-order valence-corrected chi connectivity index (χ0v) is 7.26. The molecule has 0 aromatic rings. The van der Waals surface area contributed by atoms with Gasteiger partial charge in [-0.3, -0.25) is 0 Å². The highest BCUT2D eigenvalue weighted by atomic mass is 16.5. The number of rotatable bonds is 4. The van der Waals surface area contributed by atoms with Crippen LogP contribution in [0.1, 0.15) is 13.3 Å². The second kappa shape index (κ2) is 5.78. The van der Waals surface area contributed by atoms with Crippen molar-refractivity contribution in [3.05, 3.63) is 43.1 Å².